The molecule has 16 rings (SSSR count). The van der Waals surface area contributed by atoms with E-state index in [1.54, 1.807) is 6.92 Å². The van der Waals surface area contributed by atoms with E-state index in [0.717, 1.165) is 31.1 Å². The van der Waals surface area contributed by atoms with Crippen molar-refractivity contribution in [2.45, 2.75) is 420 Å². The molecule has 1 amide bonds. The third-order valence-corrected chi connectivity index (χ3v) is 37.7. The predicted octanol–water partition coefficient (Wildman–Crippen LogP) is 1.69. The number of fused-ring (bicyclic) bond motifs is 12. The van der Waals surface area contributed by atoms with Gasteiger partial charge in [-0.3, -0.25) is 4.79 Å². The van der Waals surface area contributed by atoms with Crippen molar-refractivity contribution in [3.8, 4) is 0 Å². The van der Waals surface area contributed by atoms with Crippen LogP contribution in [-0.4, -0.2) is 358 Å². The number of aldehydes is 1. The molecule has 7 saturated heterocycles. The van der Waals surface area contributed by atoms with Gasteiger partial charge < -0.3 is 173 Å². The van der Waals surface area contributed by atoms with Gasteiger partial charge in [0.05, 0.1) is 75.5 Å². The van der Waals surface area contributed by atoms with E-state index in [1.165, 1.54) is 45.4 Å². The van der Waals surface area contributed by atoms with Crippen LogP contribution >= 0.6 is 0 Å². The summed E-state index contributed by atoms with van der Waals surface area (Å²) in [6, 6.07) is -1.60. The molecule has 16 aliphatic rings. The van der Waals surface area contributed by atoms with Gasteiger partial charge in [-0.25, -0.2) is 9.59 Å². The SMILES string of the molecule is CC(C)CCC[C@@H](C)[C@H]1CC[C@H]2[C@@H]3C[CH]C4C[C@@H](OC(=O)N[C@H]5C(CO)O[C@@H](OC(=O)[C@]67CCC(C)(C)CC6C6=CCC8C9(C)CC[C@H](O[C@@H]%10OC(C(=O)O)C[C@H](O[C@@H]%11OC[C@H](O)[C@H](O)C%11O)C%10O[C@@H]%10OC(CO)[C@H](O)[C@H](O)C%10O)[C@](C)(C=O)[C@@H]9CC[C@]8(C)[C@]6(C)CC7O)C(O[C@@H]6OC(C)[C@H](O[C@@H]7OC[C@H](O)C(O[C@H]8OC[C@@](O)(CO)C8O)C7O)C(O)C6O)C5O)CC[C@]4(C)[C@H]3CC[C@]12C. The summed E-state index contributed by atoms with van der Waals surface area (Å²) < 4.78 is 92.6. The Hall–Kier alpha value is -3.58. The molecule has 8 saturated carbocycles. The van der Waals surface area contributed by atoms with Crippen LogP contribution in [0.3, 0.4) is 0 Å². The normalized spacial score (nSPS) is 52.7. The second kappa shape index (κ2) is 39.8. The average Bonchev–Trinajstić information content (AvgIpc) is 1.53. The second-order valence-electron chi connectivity index (χ2n) is 46.1. The topological polar surface area (TPSA) is 583 Å². The summed E-state index contributed by atoms with van der Waals surface area (Å²) >= 11 is 0. The minimum atomic E-state index is -2.13. The summed E-state index contributed by atoms with van der Waals surface area (Å²) in [6.07, 6.45) is -34.8. The van der Waals surface area contributed by atoms with Gasteiger partial charge in [0.15, 0.2) is 49.9 Å². The number of aliphatic hydroxyl groups is 17. The van der Waals surface area contributed by atoms with Crippen molar-refractivity contribution >= 4 is 24.3 Å². The van der Waals surface area contributed by atoms with E-state index in [-0.39, 0.29) is 41.9 Å². The van der Waals surface area contributed by atoms with Gasteiger partial charge in [-0.15, -0.1) is 0 Å². The number of hydrogen-bond donors (Lipinski definition) is 19. The van der Waals surface area contributed by atoms with Crippen molar-refractivity contribution in [3.63, 3.8) is 0 Å². The highest BCUT2D eigenvalue weighted by Gasteiger charge is 2.74. The van der Waals surface area contributed by atoms with E-state index in [1.807, 2.05) is 0 Å². The number of allylic oxidation sites excluding steroid dienone is 2. The number of aliphatic hydroxyl groups excluding tert-OH is 16. The molecule has 0 bridgehead atoms. The van der Waals surface area contributed by atoms with Crippen LogP contribution in [0.2, 0.25) is 0 Å². The molecule has 769 valence electrons. The largest absolute Gasteiger partial charge is 0.479 e. The van der Waals surface area contributed by atoms with Crippen molar-refractivity contribution in [1.82, 2.24) is 5.32 Å². The number of nitrogens with one attached hydrogen (secondary N) is 1. The molecule has 38 heteroatoms. The van der Waals surface area contributed by atoms with Crippen molar-refractivity contribution < 1.29 is 182 Å². The number of aliphatic carboxylic acids is 1. The highest BCUT2D eigenvalue weighted by molar-refractivity contribution is 5.80. The van der Waals surface area contributed by atoms with Gasteiger partial charge in [0.25, 0.3) is 0 Å². The molecular formula is C97H154NO37. The number of carboxylic acid groups (broad SMARTS) is 1. The zero-order chi connectivity index (χ0) is 97.6. The fourth-order valence-electron chi connectivity index (χ4n) is 29.5. The zero-order valence-corrected chi connectivity index (χ0v) is 79.9. The van der Waals surface area contributed by atoms with Crippen LogP contribution in [0.15, 0.2) is 11.6 Å². The highest BCUT2D eigenvalue weighted by atomic mass is 16.8. The third kappa shape index (κ3) is 18.5. The first-order chi connectivity index (χ1) is 63.6. The Balaban J connectivity index is 0.649. The van der Waals surface area contributed by atoms with Crippen molar-refractivity contribution in [2.24, 2.45) is 102 Å². The maximum atomic E-state index is 16.5. The smallest absolute Gasteiger partial charge is 0.407 e. The number of hydrogen-bond acceptors (Lipinski definition) is 36. The second-order valence-corrected chi connectivity index (χ2v) is 46.1. The van der Waals surface area contributed by atoms with Crippen LogP contribution < -0.4 is 5.32 Å². The predicted molar refractivity (Wildman–Crippen MR) is 466 cm³/mol. The molecule has 0 aromatic rings. The van der Waals surface area contributed by atoms with Gasteiger partial charge in [0, 0.05) is 6.42 Å². The van der Waals surface area contributed by atoms with Crippen molar-refractivity contribution in [1.29, 1.82) is 0 Å². The number of esters is 1. The van der Waals surface area contributed by atoms with E-state index in [2.05, 4.69) is 87.1 Å². The standard InChI is InChI=1S/C97H154NO37/c1-43(2)14-13-15-44(3)49-18-19-50-48-17-16-46-32-47(22-26-90(46,7)51(48)23-27-91(49,50)8)125-88(119)98-64-58(36-99)128-85(77(67(64)108)134-82-72(113)69(110)74(45(4)124-82)131-81-73(114)75(55(104)39-122-81)132-86-78(115)96(120,41-102)42-123-86)135-87(118)97-31-30-89(5,6)34-53(97)52-20-21-61-92(9)28-25-63(93(10,40-101)60(92)24-29-94(61,11)95(52,12)35-62(97)105)130-84-76(133-83-71(112)68(109)66(107)59(37-100)129-83)56(33-57(127-84)79(116)117)126-80-70(111)65(106)54(103)38-121-80/h16,20,40,43-51,53-78,80-86,99-100,102-115,120H,13-15,17-19,21-39,41-42H2,1-12H3,(H,98,119)(H,116,117)/t44-,45?,46?,47+,48+,49-,50+,51+,53?,54+,55+,56+,57?,58?,59?,60-,61?,62?,63+,64+,65+,66+,67?,68+,69?,70?,71?,72?,73?,74+,75?,76?,77?,78?,80+,81+,82+,83+,84+,85+,86-,90+,91-,92?,93-,94+,95-,96+,97-/m1/s1. The number of alkyl carbamates (subject to hydrolysis) is 1. The van der Waals surface area contributed by atoms with E-state index >= 15 is 4.79 Å². The monoisotopic (exact) mass is 1930 g/mol. The number of ether oxygens (including phenoxy) is 15. The fourth-order valence-corrected chi connectivity index (χ4v) is 29.5. The summed E-state index contributed by atoms with van der Waals surface area (Å²) in [5, 5.41) is 206. The maximum Gasteiger partial charge on any atom is 0.407 e. The molecule has 15 fully saturated rings. The Morgan fingerprint density at radius 3 is 1.89 bits per heavy atom. The molecule has 19 unspecified atom stereocenters. The first kappa shape index (κ1) is 104. The summed E-state index contributed by atoms with van der Waals surface area (Å²) in [4.78, 5) is 58.8. The van der Waals surface area contributed by atoms with Gasteiger partial charge in [-0.05, 0) is 214 Å². The lowest BCUT2D eigenvalue weighted by Gasteiger charge is -2.71. The Labute approximate surface area is 788 Å². The van der Waals surface area contributed by atoms with Gasteiger partial charge in [0.1, 0.15) is 127 Å². The van der Waals surface area contributed by atoms with Gasteiger partial charge in [-0.2, -0.15) is 0 Å². The molecule has 49 atom stereocenters. The molecule has 0 aromatic carbocycles. The van der Waals surface area contributed by atoms with Crippen molar-refractivity contribution in [2.75, 3.05) is 39.6 Å². The highest BCUT2D eigenvalue weighted by Crippen LogP contribution is 2.77. The summed E-state index contributed by atoms with van der Waals surface area (Å²) in [5.74, 6) is -0.00350. The van der Waals surface area contributed by atoms with Gasteiger partial charge in [-0.1, -0.05) is 107 Å². The molecule has 1 radical (unpaired) electrons. The van der Waals surface area contributed by atoms with Gasteiger partial charge >= 0.3 is 18.0 Å². The van der Waals surface area contributed by atoms with E-state index in [0.29, 0.717) is 86.9 Å². The summed E-state index contributed by atoms with van der Waals surface area (Å²) in [5.41, 5.74) is -6.90. The zero-order valence-electron chi connectivity index (χ0n) is 79.9. The molecule has 7 aliphatic heterocycles. The Morgan fingerprint density at radius 2 is 1.20 bits per heavy atom. The minimum Gasteiger partial charge on any atom is -0.479 e. The lowest BCUT2D eigenvalue weighted by atomic mass is 9.33. The molecule has 7 heterocycles. The molecule has 38 nitrogen and oxygen atoms in total. The summed E-state index contributed by atoms with van der Waals surface area (Å²) in [7, 11) is 0. The Bertz CT molecular complexity index is 4130. The van der Waals surface area contributed by atoms with E-state index in [4.69, 9.17) is 71.1 Å². The molecule has 0 aromatic heterocycles. The lowest BCUT2D eigenvalue weighted by molar-refractivity contribution is -0.379. The Morgan fingerprint density at radius 1 is 0.556 bits per heavy atom. The van der Waals surface area contributed by atoms with Crippen LogP contribution in [0.25, 0.3) is 0 Å². The maximum absolute atomic E-state index is 16.5. The molecule has 135 heavy (non-hydrogen) atoms. The first-order valence-corrected chi connectivity index (χ1v) is 49.8. The van der Waals surface area contributed by atoms with E-state index in [9.17, 15) is 106 Å². The average molecular weight is 1930 g/mol. The van der Waals surface area contributed by atoms with Crippen LogP contribution in [-0.2, 0) is 85.4 Å². The minimum absolute atomic E-state index is 0.00604. The molecule has 19 N–H and O–H groups in total. The number of carboxylic acids is 1. The van der Waals surface area contributed by atoms with Crippen molar-refractivity contribution in [3.05, 3.63) is 18.1 Å². The molecular weight excluding hydrogens is 1770 g/mol. The quantitative estimate of drug-likeness (QED) is 0.0254. The molecule has 9 aliphatic carbocycles. The fraction of sp³-hybridized carbons (Fsp3) is 0.928. The number of amides is 1. The van der Waals surface area contributed by atoms with Crippen LogP contribution in [0.5, 0.6) is 0 Å². The van der Waals surface area contributed by atoms with Crippen LogP contribution in [0.4, 0.5) is 4.79 Å². The number of rotatable bonds is 26. The van der Waals surface area contributed by atoms with Crippen LogP contribution in [0.1, 0.15) is 218 Å². The first-order valence-electron chi connectivity index (χ1n) is 49.8. The van der Waals surface area contributed by atoms with Crippen LogP contribution in [0, 0.1) is 109 Å². The van der Waals surface area contributed by atoms with E-state index < -0.39 is 311 Å². The number of carbonyl (C=O) groups excluding carboxylic acids is 3. The lowest BCUT2D eigenvalue weighted by Crippen LogP contribution is -2.70. The summed E-state index contributed by atoms with van der Waals surface area (Å²) in [6.45, 7) is 21.6. The van der Waals surface area contributed by atoms with Gasteiger partial charge in [0.2, 0.25) is 6.29 Å². The number of carbonyl (C=O) groups is 4. The third-order valence-electron chi connectivity index (χ3n) is 37.7. The molecule has 0 spiro atoms. The Kier molecular flexibility index (Phi) is 30.7.